The van der Waals surface area contributed by atoms with Crippen molar-refractivity contribution in [3.8, 4) is 0 Å². The van der Waals surface area contributed by atoms with Crippen molar-refractivity contribution < 1.29 is 14.6 Å². The fourth-order valence-corrected chi connectivity index (χ4v) is 1.83. The minimum Gasteiger partial charge on any atom is -0.390 e. The molecule has 0 amide bonds. The Morgan fingerprint density at radius 1 is 1.33 bits per heavy atom. The highest BCUT2D eigenvalue weighted by Gasteiger charge is 2.16. The van der Waals surface area contributed by atoms with Gasteiger partial charge in [0.25, 0.3) is 0 Å². The first kappa shape index (κ1) is 12.6. The quantitative estimate of drug-likeness (QED) is 0.886. The van der Waals surface area contributed by atoms with Crippen molar-refractivity contribution in [3.63, 3.8) is 0 Å². The third kappa shape index (κ3) is 3.55. The highest BCUT2D eigenvalue weighted by molar-refractivity contribution is 9.10. The van der Waals surface area contributed by atoms with Gasteiger partial charge in [0, 0.05) is 10.9 Å². The van der Waals surface area contributed by atoms with Crippen LogP contribution in [0, 0.1) is 5.82 Å². The number of benzene rings is 1. The molecule has 0 aliphatic rings. The molecule has 1 aromatic rings. The number of halogens is 2. The summed E-state index contributed by atoms with van der Waals surface area (Å²) in [5.74, 6) is -0.323. The van der Waals surface area contributed by atoms with Crippen molar-refractivity contribution in [2.75, 3.05) is 0 Å². The predicted molar refractivity (Wildman–Crippen MR) is 60.1 cm³/mol. The van der Waals surface area contributed by atoms with E-state index in [1.54, 1.807) is 13.0 Å². The number of aliphatic hydroxyl groups is 2. The maximum Gasteiger partial charge on any atom is 0.124 e. The largest absolute Gasteiger partial charge is 0.390 e. The van der Waals surface area contributed by atoms with Crippen LogP contribution in [0.3, 0.4) is 0 Å². The monoisotopic (exact) mass is 276 g/mol. The first-order valence-corrected chi connectivity index (χ1v) is 5.64. The summed E-state index contributed by atoms with van der Waals surface area (Å²) in [4.78, 5) is 0. The Morgan fingerprint density at radius 2 is 2.00 bits per heavy atom. The van der Waals surface area contributed by atoms with Gasteiger partial charge < -0.3 is 10.2 Å². The second-order valence-electron chi connectivity index (χ2n) is 3.48. The number of hydrogen-bond donors (Lipinski definition) is 2. The summed E-state index contributed by atoms with van der Waals surface area (Å²) in [6, 6.07) is 4.29. The van der Waals surface area contributed by atoms with Crippen LogP contribution in [0.4, 0.5) is 4.39 Å². The molecule has 0 saturated carbocycles. The van der Waals surface area contributed by atoms with Crippen LogP contribution in [0.1, 0.15) is 18.9 Å². The number of aliphatic hydroxyl groups excluding tert-OH is 2. The average molecular weight is 277 g/mol. The molecule has 0 radical (unpaired) electrons. The summed E-state index contributed by atoms with van der Waals surface area (Å²) in [5.41, 5.74) is 0.788. The second kappa shape index (κ2) is 5.58. The van der Waals surface area contributed by atoms with Crippen molar-refractivity contribution in [2.24, 2.45) is 0 Å². The van der Waals surface area contributed by atoms with Gasteiger partial charge in [-0.3, -0.25) is 0 Å². The minimum absolute atomic E-state index is 0.315. The van der Waals surface area contributed by atoms with E-state index in [4.69, 9.17) is 0 Å². The molecule has 0 bridgehead atoms. The standard InChI is InChI=1S/C11H14BrFO2/c1-2-10(14)11(15)5-7-3-4-8(13)6-9(7)12/h3-4,6,10-11,14-15H,2,5H2,1H3. The van der Waals surface area contributed by atoms with Gasteiger partial charge >= 0.3 is 0 Å². The van der Waals surface area contributed by atoms with Crippen molar-refractivity contribution >= 4 is 15.9 Å². The SMILES string of the molecule is CCC(O)C(O)Cc1ccc(F)cc1Br. The molecule has 0 aliphatic heterocycles. The van der Waals surface area contributed by atoms with Crippen molar-refractivity contribution in [1.82, 2.24) is 0 Å². The van der Waals surface area contributed by atoms with E-state index in [-0.39, 0.29) is 5.82 Å². The van der Waals surface area contributed by atoms with Crippen LogP contribution >= 0.6 is 15.9 Å². The average Bonchev–Trinajstić information content (AvgIpc) is 2.20. The van der Waals surface area contributed by atoms with Crippen LogP contribution in [-0.4, -0.2) is 22.4 Å². The molecule has 1 aromatic carbocycles. The molecule has 0 aliphatic carbocycles. The molecule has 1 rings (SSSR count). The molecule has 2 atom stereocenters. The maximum absolute atomic E-state index is 12.8. The molecule has 0 spiro atoms. The Kier molecular flexibility index (Phi) is 4.70. The lowest BCUT2D eigenvalue weighted by atomic mass is 10.0. The Hall–Kier alpha value is -0.450. The summed E-state index contributed by atoms with van der Waals surface area (Å²) >= 11 is 3.21. The van der Waals surface area contributed by atoms with Crippen LogP contribution in [-0.2, 0) is 6.42 Å². The van der Waals surface area contributed by atoms with Crippen molar-refractivity contribution in [1.29, 1.82) is 0 Å². The zero-order valence-corrected chi connectivity index (χ0v) is 10.0. The van der Waals surface area contributed by atoms with Gasteiger partial charge in [-0.2, -0.15) is 0 Å². The van der Waals surface area contributed by atoms with Crippen molar-refractivity contribution in [3.05, 3.63) is 34.1 Å². The molecule has 2 nitrogen and oxygen atoms in total. The van der Waals surface area contributed by atoms with E-state index >= 15 is 0 Å². The smallest absolute Gasteiger partial charge is 0.124 e. The molecule has 0 heterocycles. The van der Waals surface area contributed by atoms with Gasteiger partial charge in [-0.15, -0.1) is 0 Å². The van der Waals surface area contributed by atoms with E-state index in [2.05, 4.69) is 15.9 Å². The molecule has 15 heavy (non-hydrogen) atoms. The molecule has 2 N–H and O–H groups in total. The molecule has 84 valence electrons. The van der Waals surface area contributed by atoms with Crippen molar-refractivity contribution in [2.45, 2.75) is 32.0 Å². The van der Waals surface area contributed by atoms with Gasteiger partial charge in [0.15, 0.2) is 0 Å². The molecule has 4 heteroatoms. The van der Waals surface area contributed by atoms with E-state index in [9.17, 15) is 14.6 Å². The van der Waals surface area contributed by atoms with Gasteiger partial charge in [0.1, 0.15) is 5.82 Å². The molecule has 2 unspecified atom stereocenters. The van der Waals surface area contributed by atoms with Crippen LogP contribution < -0.4 is 0 Å². The lowest BCUT2D eigenvalue weighted by Gasteiger charge is -2.16. The first-order valence-electron chi connectivity index (χ1n) is 4.84. The van der Waals surface area contributed by atoms with E-state index in [1.807, 2.05) is 0 Å². The number of rotatable bonds is 4. The fraction of sp³-hybridized carbons (Fsp3) is 0.455. The summed E-state index contributed by atoms with van der Waals surface area (Å²) in [5, 5.41) is 19.0. The summed E-state index contributed by atoms with van der Waals surface area (Å²) in [6.07, 6.45) is -0.728. The van der Waals surface area contributed by atoms with Gasteiger partial charge in [-0.05, 0) is 24.1 Å². The highest BCUT2D eigenvalue weighted by atomic mass is 79.9. The van der Waals surface area contributed by atoms with E-state index in [1.165, 1.54) is 12.1 Å². The number of hydrogen-bond acceptors (Lipinski definition) is 2. The zero-order chi connectivity index (χ0) is 11.4. The third-order valence-electron chi connectivity index (χ3n) is 2.31. The normalized spacial score (nSPS) is 15.0. The van der Waals surface area contributed by atoms with Crippen LogP contribution in [0.15, 0.2) is 22.7 Å². The lowest BCUT2D eigenvalue weighted by molar-refractivity contribution is 0.0181. The maximum atomic E-state index is 12.8. The Bertz CT molecular complexity index is 330. The topological polar surface area (TPSA) is 40.5 Å². The molecule has 0 aromatic heterocycles. The molecular formula is C11H14BrFO2. The van der Waals surface area contributed by atoms with Crippen LogP contribution in [0.5, 0.6) is 0 Å². The Balaban J connectivity index is 2.72. The van der Waals surface area contributed by atoms with E-state index in [0.29, 0.717) is 17.3 Å². The summed E-state index contributed by atoms with van der Waals surface area (Å²) in [6.45, 7) is 1.80. The van der Waals surface area contributed by atoms with E-state index in [0.717, 1.165) is 5.56 Å². The van der Waals surface area contributed by atoms with Gasteiger partial charge in [0.2, 0.25) is 0 Å². The molecule has 0 fully saturated rings. The fourth-order valence-electron chi connectivity index (χ4n) is 1.32. The molecular weight excluding hydrogens is 263 g/mol. The molecule has 0 saturated heterocycles. The van der Waals surface area contributed by atoms with Gasteiger partial charge in [0.05, 0.1) is 12.2 Å². The minimum atomic E-state index is -0.809. The predicted octanol–water partition coefficient (Wildman–Crippen LogP) is 2.26. The summed E-state index contributed by atoms with van der Waals surface area (Å²) < 4.78 is 13.4. The van der Waals surface area contributed by atoms with E-state index < -0.39 is 12.2 Å². The summed E-state index contributed by atoms with van der Waals surface area (Å²) in [7, 11) is 0. The second-order valence-corrected chi connectivity index (χ2v) is 4.34. The first-order chi connectivity index (χ1) is 7.04. The highest BCUT2D eigenvalue weighted by Crippen LogP contribution is 2.20. The van der Waals surface area contributed by atoms with Crippen LogP contribution in [0.25, 0.3) is 0 Å². The third-order valence-corrected chi connectivity index (χ3v) is 3.04. The van der Waals surface area contributed by atoms with Gasteiger partial charge in [-0.1, -0.05) is 28.9 Å². The lowest BCUT2D eigenvalue weighted by Crippen LogP contribution is -2.27. The Morgan fingerprint density at radius 3 is 2.53 bits per heavy atom. The Labute approximate surface area is 96.9 Å². The van der Waals surface area contributed by atoms with Gasteiger partial charge in [-0.25, -0.2) is 4.39 Å². The zero-order valence-electron chi connectivity index (χ0n) is 8.45. The van der Waals surface area contributed by atoms with Crippen LogP contribution in [0.2, 0.25) is 0 Å².